The van der Waals surface area contributed by atoms with E-state index < -0.39 is 10.0 Å². The molecule has 0 bridgehead atoms. The van der Waals surface area contributed by atoms with Crippen LogP contribution in [0.15, 0.2) is 78.2 Å². The van der Waals surface area contributed by atoms with E-state index in [0.29, 0.717) is 17.3 Å². The largest absolute Gasteiger partial charge is 0.340 e. The average molecular weight is 420 g/mol. The summed E-state index contributed by atoms with van der Waals surface area (Å²) in [6.45, 7) is 3.75. The number of sulfonamides is 1. The number of aromatic nitrogens is 4. The summed E-state index contributed by atoms with van der Waals surface area (Å²) in [7, 11) is -3.64. The van der Waals surface area contributed by atoms with Crippen molar-refractivity contribution in [3.63, 3.8) is 0 Å². The molecule has 2 heterocycles. The number of imidazole rings is 1. The van der Waals surface area contributed by atoms with E-state index in [1.54, 1.807) is 48.7 Å². The number of rotatable bonds is 6. The van der Waals surface area contributed by atoms with Crippen molar-refractivity contribution in [1.82, 2.24) is 19.5 Å². The highest BCUT2D eigenvalue weighted by atomic mass is 32.2. The molecule has 2 N–H and O–H groups in total. The molecule has 0 aliphatic carbocycles. The molecule has 0 spiro atoms. The van der Waals surface area contributed by atoms with Gasteiger partial charge < -0.3 is 5.32 Å². The molecule has 0 atom stereocenters. The van der Waals surface area contributed by atoms with Gasteiger partial charge in [-0.2, -0.15) is 0 Å². The quantitative estimate of drug-likeness (QED) is 0.492. The summed E-state index contributed by atoms with van der Waals surface area (Å²) in [5, 5.41) is 3.19. The molecule has 2 aromatic carbocycles. The van der Waals surface area contributed by atoms with E-state index in [1.807, 2.05) is 36.7 Å². The summed E-state index contributed by atoms with van der Waals surface area (Å²) in [5.41, 5.74) is 2.12. The minimum Gasteiger partial charge on any atom is -0.340 e. The Labute approximate surface area is 174 Å². The van der Waals surface area contributed by atoms with E-state index >= 15 is 0 Å². The van der Waals surface area contributed by atoms with Gasteiger partial charge >= 0.3 is 0 Å². The average Bonchev–Trinajstić information content (AvgIpc) is 3.15. The van der Waals surface area contributed by atoms with Gasteiger partial charge in [-0.05, 0) is 55.8 Å². The van der Waals surface area contributed by atoms with Crippen molar-refractivity contribution < 1.29 is 8.42 Å². The lowest BCUT2D eigenvalue weighted by Crippen LogP contribution is -2.13. The molecular formula is C21H20N6O2S. The number of benzene rings is 2. The fourth-order valence-electron chi connectivity index (χ4n) is 2.93. The maximum Gasteiger partial charge on any atom is 0.261 e. The Bertz CT molecular complexity index is 1280. The summed E-state index contributed by atoms with van der Waals surface area (Å²) in [6, 6.07) is 15.5. The molecule has 4 rings (SSSR count). The Morgan fingerprint density at radius 1 is 0.900 bits per heavy atom. The highest BCUT2D eigenvalue weighted by Crippen LogP contribution is 2.21. The van der Waals surface area contributed by atoms with Gasteiger partial charge in [0.05, 0.1) is 4.90 Å². The fraction of sp³-hybridized carbons (Fsp3) is 0.0952. The SMILES string of the molecule is Cc1cccc(S(=O)(=O)Nc2ccc(Nc3cc(-n4ccnc4C)ncn3)cc2)c1. The van der Waals surface area contributed by atoms with Crippen molar-refractivity contribution in [3.05, 3.63) is 84.7 Å². The first-order valence-electron chi connectivity index (χ1n) is 9.20. The summed E-state index contributed by atoms with van der Waals surface area (Å²) in [4.78, 5) is 12.9. The van der Waals surface area contributed by atoms with Gasteiger partial charge in [-0.3, -0.25) is 9.29 Å². The predicted octanol–water partition coefficient (Wildman–Crippen LogP) is 3.82. The number of hydrogen-bond donors (Lipinski definition) is 2. The van der Waals surface area contributed by atoms with Crippen molar-refractivity contribution in [3.8, 4) is 5.82 Å². The third-order valence-electron chi connectivity index (χ3n) is 4.43. The van der Waals surface area contributed by atoms with Crippen LogP contribution in [0.1, 0.15) is 11.4 Å². The van der Waals surface area contributed by atoms with Crippen LogP contribution >= 0.6 is 0 Å². The molecule has 0 radical (unpaired) electrons. The molecule has 0 amide bonds. The molecular weight excluding hydrogens is 400 g/mol. The third-order valence-corrected chi connectivity index (χ3v) is 5.81. The van der Waals surface area contributed by atoms with Crippen molar-refractivity contribution in [2.45, 2.75) is 18.7 Å². The lowest BCUT2D eigenvalue weighted by molar-refractivity contribution is 0.601. The monoisotopic (exact) mass is 420 g/mol. The summed E-state index contributed by atoms with van der Waals surface area (Å²) >= 11 is 0. The molecule has 0 aliphatic rings. The highest BCUT2D eigenvalue weighted by molar-refractivity contribution is 7.92. The first-order valence-corrected chi connectivity index (χ1v) is 10.7. The number of hydrogen-bond acceptors (Lipinski definition) is 6. The number of aryl methyl sites for hydroxylation is 2. The van der Waals surface area contributed by atoms with Gasteiger partial charge in [-0.25, -0.2) is 23.4 Å². The standard InChI is InChI=1S/C21H20N6O2S/c1-15-4-3-5-19(12-15)30(28,29)26-18-8-6-17(7-9-18)25-20-13-21(24-14-23-20)27-11-10-22-16(27)2/h3-14,26H,1-2H3,(H,23,24,25). The first-order chi connectivity index (χ1) is 14.4. The normalized spacial score (nSPS) is 11.3. The topological polar surface area (TPSA) is 102 Å². The second-order valence-corrected chi connectivity index (χ2v) is 8.41. The molecule has 0 saturated heterocycles. The van der Waals surface area contributed by atoms with Crippen LogP contribution in [0.5, 0.6) is 0 Å². The number of nitrogens with zero attached hydrogens (tertiary/aromatic N) is 4. The van der Waals surface area contributed by atoms with Gasteiger partial charge in [-0.15, -0.1) is 0 Å². The highest BCUT2D eigenvalue weighted by Gasteiger charge is 2.14. The van der Waals surface area contributed by atoms with E-state index in [9.17, 15) is 8.42 Å². The van der Waals surface area contributed by atoms with E-state index in [-0.39, 0.29) is 4.90 Å². The Kier molecular flexibility index (Phi) is 5.20. The van der Waals surface area contributed by atoms with Gasteiger partial charge in [0.15, 0.2) is 0 Å². The molecule has 152 valence electrons. The lowest BCUT2D eigenvalue weighted by Gasteiger charge is -2.11. The Morgan fingerprint density at radius 3 is 2.37 bits per heavy atom. The molecule has 8 nitrogen and oxygen atoms in total. The fourth-order valence-corrected chi connectivity index (χ4v) is 4.10. The smallest absolute Gasteiger partial charge is 0.261 e. The Morgan fingerprint density at radius 2 is 1.67 bits per heavy atom. The Balaban J connectivity index is 1.49. The maximum atomic E-state index is 12.6. The van der Waals surface area contributed by atoms with Gasteiger partial charge in [0.1, 0.15) is 23.8 Å². The summed E-state index contributed by atoms with van der Waals surface area (Å²) < 4.78 is 29.6. The minimum atomic E-state index is -3.64. The van der Waals surface area contributed by atoms with Crippen LogP contribution in [-0.4, -0.2) is 27.9 Å². The first kappa shape index (κ1) is 19.6. The van der Waals surface area contributed by atoms with Crippen molar-refractivity contribution in [2.75, 3.05) is 10.0 Å². The predicted molar refractivity (Wildman–Crippen MR) is 116 cm³/mol. The zero-order chi connectivity index (χ0) is 21.1. The number of nitrogens with one attached hydrogen (secondary N) is 2. The minimum absolute atomic E-state index is 0.230. The summed E-state index contributed by atoms with van der Waals surface area (Å²) in [5.74, 6) is 2.14. The van der Waals surface area contributed by atoms with Crippen LogP contribution in [-0.2, 0) is 10.0 Å². The van der Waals surface area contributed by atoms with Crippen LogP contribution in [0.2, 0.25) is 0 Å². The van der Waals surface area contributed by atoms with Crippen molar-refractivity contribution >= 4 is 27.2 Å². The second-order valence-electron chi connectivity index (χ2n) is 6.73. The van der Waals surface area contributed by atoms with Gasteiger partial charge in [0.25, 0.3) is 10.0 Å². The molecule has 0 fully saturated rings. The molecule has 4 aromatic rings. The third kappa shape index (κ3) is 4.31. The van der Waals surface area contributed by atoms with E-state index in [4.69, 9.17) is 0 Å². The molecule has 0 aliphatic heterocycles. The van der Waals surface area contributed by atoms with Crippen LogP contribution in [0, 0.1) is 13.8 Å². The van der Waals surface area contributed by atoms with E-state index in [1.165, 1.54) is 6.33 Å². The molecule has 2 aromatic heterocycles. The van der Waals surface area contributed by atoms with Crippen LogP contribution in [0.25, 0.3) is 5.82 Å². The van der Waals surface area contributed by atoms with Crippen molar-refractivity contribution in [1.29, 1.82) is 0 Å². The van der Waals surface area contributed by atoms with Gasteiger partial charge in [0, 0.05) is 29.8 Å². The lowest BCUT2D eigenvalue weighted by atomic mass is 10.2. The zero-order valence-corrected chi connectivity index (χ0v) is 17.3. The van der Waals surface area contributed by atoms with Crippen molar-refractivity contribution in [2.24, 2.45) is 0 Å². The maximum absolute atomic E-state index is 12.6. The molecule has 0 saturated carbocycles. The second kappa shape index (κ2) is 7.96. The zero-order valence-electron chi connectivity index (χ0n) is 16.4. The van der Waals surface area contributed by atoms with E-state index in [2.05, 4.69) is 25.0 Å². The van der Waals surface area contributed by atoms with Crippen LogP contribution in [0.3, 0.4) is 0 Å². The van der Waals surface area contributed by atoms with Gasteiger partial charge in [-0.1, -0.05) is 12.1 Å². The van der Waals surface area contributed by atoms with E-state index in [0.717, 1.165) is 17.1 Å². The summed E-state index contributed by atoms with van der Waals surface area (Å²) in [6.07, 6.45) is 5.01. The molecule has 30 heavy (non-hydrogen) atoms. The van der Waals surface area contributed by atoms with Gasteiger partial charge in [0.2, 0.25) is 0 Å². The van der Waals surface area contributed by atoms with Crippen LogP contribution in [0.4, 0.5) is 17.2 Å². The number of anilines is 3. The Hall–Kier alpha value is -3.72. The molecule has 9 heteroatoms. The van der Waals surface area contributed by atoms with Crippen LogP contribution < -0.4 is 10.0 Å². The molecule has 0 unspecified atom stereocenters.